The molecule has 0 atom stereocenters. The molecule has 5 aromatic rings. The Labute approximate surface area is 219 Å². The molecular formula is C37H26. The first-order valence-electron chi connectivity index (χ1n) is 12.7. The van der Waals surface area contributed by atoms with Gasteiger partial charge in [-0.3, -0.25) is 0 Å². The summed E-state index contributed by atoms with van der Waals surface area (Å²) in [5.41, 5.74) is 10.9. The average Bonchev–Trinajstić information content (AvgIpc) is 3.33. The molecule has 0 saturated carbocycles. The van der Waals surface area contributed by atoms with Crippen molar-refractivity contribution in [1.29, 1.82) is 0 Å². The van der Waals surface area contributed by atoms with Crippen LogP contribution in [-0.4, -0.2) is 0 Å². The number of hydrogen-bond acceptors (Lipinski definition) is 0. The molecule has 0 amide bonds. The minimum Gasteiger partial charge on any atom is -0.0847 e. The fourth-order valence-electron chi connectivity index (χ4n) is 5.19. The van der Waals surface area contributed by atoms with Gasteiger partial charge in [-0.15, -0.1) is 0 Å². The Balaban J connectivity index is 1.72. The zero-order valence-corrected chi connectivity index (χ0v) is 20.5. The predicted molar refractivity (Wildman–Crippen MR) is 156 cm³/mol. The molecule has 6 rings (SSSR count). The van der Waals surface area contributed by atoms with Crippen molar-refractivity contribution < 1.29 is 0 Å². The first kappa shape index (κ1) is 22.6. The van der Waals surface area contributed by atoms with E-state index in [-0.39, 0.29) is 5.92 Å². The molecule has 0 heteroatoms. The summed E-state index contributed by atoms with van der Waals surface area (Å²) in [5.74, 6) is 7.15. The molecule has 0 unspecified atom stereocenters. The van der Waals surface area contributed by atoms with Crippen LogP contribution in [0.1, 0.15) is 27.8 Å². The molecule has 0 bridgehead atoms. The molecule has 0 heterocycles. The Morgan fingerprint density at radius 3 is 1.05 bits per heavy atom. The molecule has 0 aromatic heterocycles. The van der Waals surface area contributed by atoms with Crippen LogP contribution in [-0.2, 0) is 0 Å². The van der Waals surface area contributed by atoms with Crippen molar-refractivity contribution in [2.45, 2.75) is 0 Å². The normalized spacial score (nSPS) is 13.4. The lowest BCUT2D eigenvalue weighted by atomic mass is 9.86. The SMILES string of the molecule is C(#CC1C(c2ccccc2)=C(c2ccccc2)C(c2ccccc2)=C1c1ccccc1)c1ccccc1. The summed E-state index contributed by atoms with van der Waals surface area (Å²) in [4.78, 5) is 0. The number of rotatable bonds is 4. The molecule has 0 fully saturated rings. The maximum atomic E-state index is 3.73. The van der Waals surface area contributed by atoms with E-state index in [1.54, 1.807) is 0 Å². The van der Waals surface area contributed by atoms with Gasteiger partial charge in [-0.05, 0) is 56.7 Å². The maximum absolute atomic E-state index is 3.73. The van der Waals surface area contributed by atoms with Gasteiger partial charge in [0.1, 0.15) is 0 Å². The standard InChI is InChI=1S/C37H26/c1-6-16-28(17-7-1)26-27-33-34(29-18-8-2-9-19-29)36(31-22-12-4-13-23-31)37(32-24-14-5-15-25-32)35(33)30-20-10-3-11-21-30/h1-25,33H. The maximum Gasteiger partial charge on any atom is 0.0729 e. The van der Waals surface area contributed by atoms with Crippen LogP contribution in [0, 0.1) is 17.8 Å². The van der Waals surface area contributed by atoms with Gasteiger partial charge in [-0.25, -0.2) is 0 Å². The highest BCUT2D eigenvalue weighted by Gasteiger charge is 2.35. The molecule has 1 aliphatic carbocycles. The first-order valence-corrected chi connectivity index (χ1v) is 12.7. The van der Waals surface area contributed by atoms with Crippen LogP contribution in [0.5, 0.6) is 0 Å². The second-order valence-electron chi connectivity index (χ2n) is 9.11. The highest BCUT2D eigenvalue weighted by molar-refractivity contribution is 6.29. The predicted octanol–water partition coefficient (Wildman–Crippen LogP) is 8.89. The van der Waals surface area contributed by atoms with E-state index in [1.165, 1.54) is 44.5 Å². The largest absolute Gasteiger partial charge is 0.0847 e. The Hall–Kier alpha value is -4.86. The Morgan fingerprint density at radius 1 is 0.351 bits per heavy atom. The molecular weight excluding hydrogens is 444 g/mol. The van der Waals surface area contributed by atoms with Crippen LogP contribution < -0.4 is 0 Å². The summed E-state index contributed by atoms with van der Waals surface area (Å²) < 4.78 is 0. The molecule has 0 aliphatic heterocycles. The highest BCUT2D eigenvalue weighted by atomic mass is 14.4. The third-order valence-electron chi connectivity index (χ3n) is 6.80. The van der Waals surface area contributed by atoms with Crippen LogP contribution in [0.3, 0.4) is 0 Å². The second kappa shape index (κ2) is 10.4. The molecule has 5 aromatic carbocycles. The van der Waals surface area contributed by atoms with Crippen molar-refractivity contribution in [1.82, 2.24) is 0 Å². The minimum atomic E-state index is -0.0876. The van der Waals surface area contributed by atoms with Gasteiger partial charge >= 0.3 is 0 Å². The molecule has 0 spiro atoms. The van der Waals surface area contributed by atoms with E-state index < -0.39 is 0 Å². The van der Waals surface area contributed by atoms with Gasteiger partial charge in [-0.1, -0.05) is 151 Å². The number of hydrogen-bond donors (Lipinski definition) is 0. The van der Waals surface area contributed by atoms with E-state index in [0.29, 0.717) is 0 Å². The Kier molecular flexibility index (Phi) is 6.35. The Bertz CT molecular complexity index is 1520. The smallest absolute Gasteiger partial charge is 0.0729 e. The first-order chi connectivity index (χ1) is 18.4. The average molecular weight is 471 g/mol. The van der Waals surface area contributed by atoms with Crippen LogP contribution >= 0.6 is 0 Å². The zero-order chi connectivity index (χ0) is 24.9. The van der Waals surface area contributed by atoms with E-state index in [4.69, 9.17) is 0 Å². The third kappa shape index (κ3) is 4.56. The monoisotopic (exact) mass is 470 g/mol. The molecule has 0 nitrogen and oxygen atoms in total. The summed E-state index contributed by atoms with van der Waals surface area (Å²) in [6.45, 7) is 0. The van der Waals surface area contributed by atoms with Gasteiger partial charge in [0.2, 0.25) is 0 Å². The third-order valence-corrected chi connectivity index (χ3v) is 6.80. The van der Waals surface area contributed by atoms with Crippen LogP contribution in [0.25, 0.3) is 22.3 Å². The fourth-order valence-corrected chi connectivity index (χ4v) is 5.19. The quantitative estimate of drug-likeness (QED) is 0.230. The lowest BCUT2D eigenvalue weighted by Crippen LogP contribution is -2.02. The molecule has 1 aliphatic rings. The summed E-state index contributed by atoms with van der Waals surface area (Å²) >= 11 is 0. The van der Waals surface area contributed by atoms with E-state index >= 15 is 0 Å². The number of allylic oxidation sites excluding steroid dienone is 4. The second-order valence-corrected chi connectivity index (χ2v) is 9.11. The van der Waals surface area contributed by atoms with Crippen molar-refractivity contribution in [3.63, 3.8) is 0 Å². The van der Waals surface area contributed by atoms with Crippen LogP contribution in [0.2, 0.25) is 0 Å². The topological polar surface area (TPSA) is 0 Å². The molecule has 37 heavy (non-hydrogen) atoms. The van der Waals surface area contributed by atoms with Gasteiger partial charge in [0.15, 0.2) is 0 Å². The van der Waals surface area contributed by atoms with Crippen molar-refractivity contribution in [3.8, 4) is 11.8 Å². The summed E-state index contributed by atoms with van der Waals surface area (Å²) in [6.07, 6.45) is 0. The summed E-state index contributed by atoms with van der Waals surface area (Å²) in [5, 5.41) is 0. The zero-order valence-electron chi connectivity index (χ0n) is 20.5. The van der Waals surface area contributed by atoms with Crippen molar-refractivity contribution in [2.75, 3.05) is 0 Å². The van der Waals surface area contributed by atoms with Gasteiger partial charge in [0.05, 0.1) is 5.92 Å². The fraction of sp³-hybridized carbons (Fsp3) is 0.0270. The molecule has 174 valence electrons. The molecule has 0 N–H and O–H groups in total. The van der Waals surface area contributed by atoms with Crippen LogP contribution in [0.4, 0.5) is 0 Å². The molecule has 0 radical (unpaired) electrons. The van der Waals surface area contributed by atoms with Crippen molar-refractivity contribution >= 4 is 22.3 Å². The highest BCUT2D eigenvalue weighted by Crippen LogP contribution is 2.54. The number of benzene rings is 5. The van der Waals surface area contributed by atoms with Gasteiger partial charge in [0, 0.05) is 5.56 Å². The van der Waals surface area contributed by atoms with Gasteiger partial charge in [-0.2, -0.15) is 0 Å². The van der Waals surface area contributed by atoms with Gasteiger partial charge in [0.25, 0.3) is 0 Å². The van der Waals surface area contributed by atoms with Crippen molar-refractivity contribution in [2.24, 2.45) is 5.92 Å². The summed E-state index contributed by atoms with van der Waals surface area (Å²) in [6, 6.07) is 53.3. The van der Waals surface area contributed by atoms with E-state index in [9.17, 15) is 0 Å². The van der Waals surface area contributed by atoms with Gasteiger partial charge < -0.3 is 0 Å². The van der Waals surface area contributed by atoms with E-state index in [1.807, 2.05) is 18.2 Å². The molecule has 0 saturated heterocycles. The van der Waals surface area contributed by atoms with Crippen LogP contribution in [0.15, 0.2) is 152 Å². The minimum absolute atomic E-state index is 0.0876. The lowest BCUT2D eigenvalue weighted by Gasteiger charge is -2.16. The Morgan fingerprint density at radius 2 is 0.676 bits per heavy atom. The lowest BCUT2D eigenvalue weighted by molar-refractivity contribution is 1.18. The van der Waals surface area contributed by atoms with E-state index in [2.05, 4.69) is 145 Å². The summed E-state index contributed by atoms with van der Waals surface area (Å²) in [7, 11) is 0. The van der Waals surface area contributed by atoms with E-state index in [0.717, 1.165) is 5.56 Å². The van der Waals surface area contributed by atoms with Crippen molar-refractivity contribution in [3.05, 3.63) is 179 Å².